The van der Waals surface area contributed by atoms with Gasteiger partial charge in [-0.05, 0) is 30.3 Å². The molecular formula is C15H23BrO3Si. The lowest BCUT2D eigenvalue weighted by molar-refractivity contribution is -0.107. The molecule has 0 saturated carbocycles. The molecule has 1 rings (SSSR count). The fourth-order valence-electron chi connectivity index (χ4n) is 1.54. The molecule has 0 unspecified atom stereocenters. The highest BCUT2D eigenvalue weighted by atomic mass is 79.9. The smallest absolute Gasteiger partial charge is 0.250 e. The largest absolute Gasteiger partial charge is 0.541 e. The summed E-state index contributed by atoms with van der Waals surface area (Å²) in [6.07, 6.45) is 1.19. The van der Waals surface area contributed by atoms with E-state index in [4.69, 9.17) is 9.16 Å². The van der Waals surface area contributed by atoms with Gasteiger partial charge in [-0.1, -0.05) is 36.7 Å². The van der Waals surface area contributed by atoms with Crippen LogP contribution in [0, 0.1) is 0 Å². The molecule has 112 valence electrons. The maximum Gasteiger partial charge on any atom is 0.250 e. The molecule has 0 aromatic heterocycles. The molecule has 0 atom stereocenters. The normalized spacial score (nSPS) is 12.2. The highest BCUT2D eigenvalue weighted by Crippen LogP contribution is 2.43. The standard InChI is InChI=1S/C15H23BrO3Si/c1-15(2,3)20(5,6)19-14-11(9-10-17)12(16)7-8-13(14)18-4/h7-8,10H,9H2,1-6H3. The summed E-state index contributed by atoms with van der Waals surface area (Å²) in [4.78, 5) is 10.9. The van der Waals surface area contributed by atoms with Crippen LogP contribution in [0.1, 0.15) is 26.3 Å². The fourth-order valence-corrected chi connectivity index (χ4v) is 3.05. The van der Waals surface area contributed by atoms with Crippen molar-refractivity contribution in [3.8, 4) is 11.5 Å². The molecule has 5 heteroatoms. The topological polar surface area (TPSA) is 35.5 Å². The Kier molecular flexibility index (Phi) is 5.44. The quantitative estimate of drug-likeness (QED) is 0.570. The van der Waals surface area contributed by atoms with Gasteiger partial charge >= 0.3 is 0 Å². The van der Waals surface area contributed by atoms with Crippen LogP contribution in [0.5, 0.6) is 11.5 Å². The third-order valence-corrected chi connectivity index (χ3v) is 8.91. The Balaban J connectivity index is 3.34. The van der Waals surface area contributed by atoms with Gasteiger partial charge in [0, 0.05) is 16.5 Å². The Bertz CT molecular complexity index is 493. The van der Waals surface area contributed by atoms with Crippen LogP contribution in [0.4, 0.5) is 0 Å². The molecule has 0 aliphatic heterocycles. The summed E-state index contributed by atoms with van der Waals surface area (Å²) in [6, 6.07) is 3.75. The number of carbonyl (C=O) groups excluding carboxylic acids is 1. The molecule has 0 aliphatic rings. The average Bonchev–Trinajstić information content (AvgIpc) is 2.32. The third kappa shape index (κ3) is 3.64. The first-order valence-electron chi connectivity index (χ1n) is 6.62. The summed E-state index contributed by atoms with van der Waals surface area (Å²) < 4.78 is 12.7. The molecule has 0 spiro atoms. The van der Waals surface area contributed by atoms with Gasteiger partial charge in [-0.25, -0.2) is 0 Å². The summed E-state index contributed by atoms with van der Waals surface area (Å²) in [5.41, 5.74) is 0.851. The van der Waals surface area contributed by atoms with Crippen molar-refractivity contribution in [1.29, 1.82) is 0 Å². The molecular weight excluding hydrogens is 336 g/mol. The summed E-state index contributed by atoms with van der Waals surface area (Å²) >= 11 is 3.49. The van der Waals surface area contributed by atoms with Gasteiger partial charge in [0.2, 0.25) is 0 Å². The minimum absolute atomic E-state index is 0.0821. The maximum atomic E-state index is 10.9. The van der Waals surface area contributed by atoms with Crippen LogP contribution < -0.4 is 9.16 Å². The van der Waals surface area contributed by atoms with E-state index in [1.807, 2.05) is 12.1 Å². The number of ether oxygens (including phenoxy) is 1. The molecule has 0 amide bonds. The van der Waals surface area contributed by atoms with Crippen LogP contribution >= 0.6 is 15.9 Å². The van der Waals surface area contributed by atoms with Gasteiger partial charge in [0.25, 0.3) is 8.32 Å². The summed E-state index contributed by atoms with van der Waals surface area (Å²) in [6.45, 7) is 10.9. The predicted octanol–water partition coefficient (Wildman–Crippen LogP) is 4.58. The van der Waals surface area contributed by atoms with Crippen molar-refractivity contribution >= 4 is 30.5 Å². The van der Waals surface area contributed by atoms with Crippen LogP contribution in [-0.2, 0) is 11.2 Å². The predicted molar refractivity (Wildman–Crippen MR) is 88.3 cm³/mol. The van der Waals surface area contributed by atoms with Gasteiger partial charge in [0.1, 0.15) is 6.29 Å². The molecule has 3 nitrogen and oxygen atoms in total. The molecule has 20 heavy (non-hydrogen) atoms. The average molecular weight is 359 g/mol. The second kappa shape index (κ2) is 6.31. The van der Waals surface area contributed by atoms with Gasteiger partial charge in [-0.3, -0.25) is 0 Å². The van der Waals surface area contributed by atoms with Gasteiger partial charge in [0.15, 0.2) is 11.5 Å². The van der Waals surface area contributed by atoms with Crippen LogP contribution in [0.25, 0.3) is 0 Å². The Morgan fingerprint density at radius 3 is 2.35 bits per heavy atom. The Hall–Kier alpha value is -0.813. The molecule has 0 N–H and O–H groups in total. The first kappa shape index (κ1) is 17.2. The minimum atomic E-state index is -1.99. The maximum absolute atomic E-state index is 10.9. The number of rotatable bonds is 5. The molecule has 0 fully saturated rings. The van der Waals surface area contributed by atoms with Crippen molar-refractivity contribution in [2.75, 3.05) is 7.11 Å². The highest BCUT2D eigenvalue weighted by molar-refractivity contribution is 9.10. The minimum Gasteiger partial charge on any atom is -0.541 e. The van der Waals surface area contributed by atoms with E-state index >= 15 is 0 Å². The van der Waals surface area contributed by atoms with Crippen LogP contribution in [0.15, 0.2) is 16.6 Å². The van der Waals surface area contributed by atoms with E-state index in [9.17, 15) is 4.79 Å². The molecule has 0 saturated heterocycles. The van der Waals surface area contributed by atoms with Gasteiger partial charge < -0.3 is 14.0 Å². The summed E-state index contributed by atoms with van der Waals surface area (Å²) in [7, 11) is -0.376. The lowest BCUT2D eigenvalue weighted by Gasteiger charge is -2.37. The first-order chi connectivity index (χ1) is 9.14. The Morgan fingerprint density at radius 1 is 1.30 bits per heavy atom. The lowest BCUT2D eigenvalue weighted by Crippen LogP contribution is -2.44. The summed E-state index contributed by atoms with van der Waals surface area (Å²) in [5.74, 6) is 1.37. The van der Waals surface area contributed by atoms with Gasteiger partial charge in [-0.2, -0.15) is 0 Å². The highest BCUT2D eigenvalue weighted by Gasteiger charge is 2.40. The summed E-state index contributed by atoms with van der Waals surface area (Å²) in [5, 5.41) is 0.0821. The molecule has 1 aromatic carbocycles. The van der Waals surface area contributed by atoms with Crippen LogP contribution in [0.3, 0.4) is 0 Å². The zero-order valence-electron chi connectivity index (χ0n) is 13.0. The monoisotopic (exact) mass is 358 g/mol. The van der Waals surface area contributed by atoms with E-state index in [0.717, 1.165) is 16.3 Å². The first-order valence-corrected chi connectivity index (χ1v) is 10.3. The number of benzene rings is 1. The van der Waals surface area contributed by atoms with E-state index in [-0.39, 0.29) is 5.04 Å². The molecule has 0 heterocycles. The van der Waals surface area contributed by atoms with Crippen LogP contribution in [-0.4, -0.2) is 21.7 Å². The molecule has 1 aromatic rings. The van der Waals surface area contributed by atoms with Gasteiger partial charge in [-0.15, -0.1) is 0 Å². The number of carbonyl (C=O) groups is 1. The Labute approximate surface area is 130 Å². The molecule has 0 bridgehead atoms. The molecule has 0 aliphatic carbocycles. The van der Waals surface area contributed by atoms with Crippen molar-refractivity contribution in [1.82, 2.24) is 0 Å². The molecule has 0 radical (unpaired) electrons. The number of hydrogen-bond acceptors (Lipinski definition) is 3. The number of hydrogen-bond donors (Lipinski definition) is 0. The van der Waals surface area contributed by atoms with Gasteiger partial charge in [0.05, 0.1) is 7.11 Å². The fraction of sp³-hybridized carbons (Fsp3) is 0.533. The van der Waals surface area contributed by atoms with E-state index in [2.05, 4.69) is 49.8 Å². The zero-order chi connectivity index (χ0) is 15.6. The van der Waals surface area contributed by atoms with E-state index in [1.165, 1.54) is 0 Å². The second-order valence-corrected chi connectivity index (χ2v) is 11.9. The zero-order valence-corrected chi connectivity index (χ0v) is 15.6. The lowest BCUT2D eigenvalue weighted by atomic mass is 10.1. The van der Waals surface area contributed by atoms with Crippen molar-refractivity contribution in [2.45, 2.75) is 45.3 Å². The third-order valence-electron chi connectivity index (χ3n) is 3.84. The number of methoxy groups -OCH3 is 1. The number of halogens is 1. The SMILES string of the molecule is COc1ccc(Br)c(CC=O)c1O[Si](C)(C)C(C)(C)C. The van der Waals surface area contributed by atoms with E-state index < -0.39 is 8.32 Å². The van der Waals surface area contributed by atoms with E-state index in [1.54, 1.807) is 7.11 Å². The van der Waals surface area contributed by atoms with Crippen LogP contribution in [0.2, 0.25) is 18.1 Å². The van der Waals surface area contributed by atoms with Crippen molar-refractivity contribution in [3.05, 3.63) is 22.2 Å². The van der Waals surface area contributed by atoms with Crippen molar-refractivity contribution in [3.63, 3.8) is 0 Å². The van der Waals surface area contributed by atoms with E-state index in [0.29, 0.717) is 17.9 Å². The second-order valence-electron chi connectivity index (χ2n) is 6.29. The number of aldehydes is 1. The Morgan fingerprint density at radius 2 is 1.90 bits per heavy atom. The van der Waals surface area contributed by atoms with Crippen molar-refractivity contribution < 1.29 is 14.0 Å². The van der Waals surface area contributed by atoms with Crippen molar-refractivity contribution in [2.24, 2.45) is 0 Å².